The van der Waals surface area contributed by atoms with Crippen LogP contribution in [0.25, 0.3) is 11.3 Å². The zero-order valence-electron chi connectivity index (χ0n) is 16.6. The molecule has 0 fully saturated rings. The largest absolute Gasteiger partial charge is 0.299 e. The third-order valence-corrected chi connectivity index (χ3v) is 5.72. The molecule has 3 aromatic rings. The van der Waals surface area contributed by atoms with Crippen LogP contribution in [0, 0.1) is 13.8 Å². The summed E-state index contributed by atoms with van der Waals surface area (Å²) in [6, 6.07) is 5.72. The number of carbonyl (C=O) groups is 2. The molecule has 3 aromatic heterocycles. The Morgan fingerprint density at radius 1 is 1.17 bits per heavy atom. The molecule has 29 heavy (non-hydrogen) atoms. The normalized spacial score (nSPS) is 13.4. The summed E-state index contributed by atoms with van der Waals surface area (Å²) in [6.07, 6.45) is 3.29. The quantitative estimate of drug-likeness (QED) is 0.624. The third kappa shape index (κ3) is 4.42. The Hall–Kier alpha value is -2.87. The maximum Gasteiger partial charge on any atom is 0.228 e. The maximum atomic E-state index is 12.6. The number of anilines is 1. The molecule has 1 aliphatic heterocycles. The van der Waals surface area contributed by atoms with Gasteiger partial charge in [-0.3, -0.25) is 19.5 Å². The summed E-state index contributed by atoms with van der Waals surface area (Å²) < 4.78 is 1.87. The van der Waals surface area contributed by atoms with Gasteiger partial charge in [0.05, 0.1) is 16.4 Å². The van der Waals surface area contributed by atoms with Crippen LogP contribution in [0.2, 0.25) is 0 Å². The van der Waals surface area contributed by atoms with Gasteiger partial charge in [0.2, 0.25) is 5.91 Å². The van der Waals surface area contributed by atoms with Gasteiger partial charge in [-0.1, -0.05) is 0 Å². The summed E-state index contributed by atoms with van der Waals surface area (Å²) in [5.74, 6) is 0.826. The van der Waals surface area contributed by atoms with E-state index in [0.717, 1.165) is 40.7 Å². The van der Waals surface area contributed by atoms with Gasteiger partial charge >= 0.3 is 0 Å². The third-order valence-electron chi connectivity index (χ3n) is 4.95. The number of fused-ring (bicyclic) bond motifs is 1. The van der Waals surface area contributed by atoms with Crippen LogP contribution >= 0.6 is 11.3 Å². The number of nitrogens with zero attached hydrogens (tertiary/aromatic N) is 5. The average molecular weight is 410 g/mol. The van der Waals surface area contributed by atoms with Crippen molar-refractivity contribution in [2.24, 2.45) is 0 Å². The molecular formula is C21H23N5O2S. The Balaban J connectivity index is 1.32. The van der Waals surface area contributed by atoms with Crippen molar-refractivity contribution in [1.82, 2.24) is 19.7 Å². The molecule has 1 amide bonds. The lowest BCUT2D eigenvalue weighted by atomic mass is 10.1. The van der Waals surface area contributed by atoms with Crippen LogP contribution in [0.3, 0.4) is 0 Å². The minimum absolute atomic E-state index is 0.0183. The molecule has 8 heteroatoms. The van der Waals surface area contributed by atoms with Crippen LogP contribution in [-0.4, -0.2) is 38.0 Å². The van der Waals surface area contributed by atoms with Gasteiger partial charge in [0.15, 0.2) is 0 Å². The van der Waals surface area contributed by atoms with Crippen LogP contribution in [-0.2, 0) is 22.6 Å². The molecule has 0 aliphatic carbocycles. The summed E-state index contributed by atoms with van der Waals surface area (Å²) in [5.41, 5.74) is 3.46. The Bertz CT molecular complexity index is 1040. The summed E-state index contributed by atoms with van der Waals surface area (Å²) in [7, 11) is 0. The predicted molar refractivity (Wildman–Crippen MR) is 112 cm³/mol. The summed E-state index contributed by atoms with van der Waals surface area (Å²) in [4.78, 5) is 35.6. The van der Waals surface area contributed by atoms with E-state index in [1.807, 2.05) is 42.1 Å². The molecule has 0 bridgehead atoms. The monoisotopic (exact) mass is 409 g/mol. The van der Waals surface area contributed by atoms with E-state index in [2.05, 4.69) is 15.1 Å². The highest BCUT2D eigenvalue weighted by atomic mass is 32.1. The molecule has 0 saturated heterocycles. The highest BCUT2D eigenvalue weighted by Gasteiger charge is 2.24. The molecule has 0 atom stereocenters. The lowest BCUT2D eigenvalue weighted by Crippen LogP contribution is -2.37. The van der Waals surface area contributed by atoms with Gasteiger partial charge < -0.3 is 0 Å². The number of hydrogen-bond acceptors (Lipinski definition) is 6. The molecule has 7 nitrogen and oxygen atoms in total. The lowest BCUT2D eigenvalue weighted by Gasteiger charge is -2.27. The Morgan fingerprint density at radius 3 is 2.76 bits per heavy atom. The van der Waals surface area contributed by atoms with Gasteiger partial charge in [0, 0.05) is 61.3 Å². The lowest BCUT2D eigenvalue weighted by molar-refractivity contribution is -0.123. The SMILES string of the molecule is Cc1cc2n(n1)CCCN2C(=O)CCC(=O)Cc1ccc(-c2csc(C)n2)cn1. The maximum absolute atomic E-state index is 12.6. The Morgan fingerprint density at radius 2 is 2.03 bits per heavy atom. The van der Waals surface area contributed by atoms with Crippen molar-refractivity contribution in [3.63, 3.8) is 0 Å². The number of rotatable bonds is 6. The van der Waals surface area contributed by atoms with E-state index in [-0.39, 0.29) is 31.0 Å². The zero-order valence-corrected chi connectivity index (χ0v) is 17.4. The first kappa shape index (κ1) is 19.4. The highest BCUT2D eigenvalue weighted by Crippen LogP contribution is 2.23. The van der Waals surface area contributed by atoms with E-state index in [1.165, 1.54) is 0 Å². The predicted octanol–water partition coefficient (Wildman–Crippen LogP) is 3.35. The number of carbonyl (C=O) groups excluding carboxylic acids is 2. The number of aromatic nitrogens is 4. The van der Waals surface area contributed by atoms with E-state index in [4.69, 9.17) is 0 Å². The van der Waals surface area contributed by atoms with Crippen molar-refractivity contribution in [3.05, 3.63) is 46.2 Å². The fourth-order valence-electron chi connectivity index (χ4n) is 3.51. The number of Topliss-reactive ketones (excluding diaryl/α,β-unsaturated/α-hetero) is 1. The van der Waals surface area contributed by atoms with Gasteiger partial charge in [-0.15, -0.1) is 11.3 Å². The van der Waals surface area contributed by atoms with Crippen molar-refractivity contribution < 1.29 is 9.59 Å². The topological polar surface area (TPSA) is 81.0 Å². The van der Waals surface area contributed by atoms with Crippen molar-refractivity contribution in [2.75, 3.05) is 11.4 Å². The van der Waals surface area contributed by atoms with Crippen molar-refractivity contribution >= 4 is 28.8 Å². The van der Waals surface area contributed by atoms with Crippen molar-refractivity contribution in [1.29, 1.82) is 0 Å². The van der Waals surface area contributed by atoms with Crippen LogP contribution in [0.1, 0.15) is 35.7 Å². The molecule has 4 rings (SSSR count). The second-order valence-electron chi connectivity index (χ2n) is 7.27. The molecule has 0 spiro atoms. The van der Waals surface area contributed by atoms with Crippen LogP contribution < -0.4 is 4.90 Å². The fourth-order valence-corrected chi connectivity index (χ4v) is 4.13. The first-order valence-corrected chi connectivity index (χ1v) is 10.6. The Labute approximate surface area is 173 Å². The first-order chi connectivity index (χ1) is 14.0. The number of ketones is 1. The number of thiazole rings is 1. The van der Waals surface area contributed by atoms with Crippen molar-refractivity contribution in [2.45, 2.75) is 46.1 Å². The van der Waals surface area contributed by atoms with Gasteiger partial charge in [0.1, 0.15) is 11.6 Å². The molecule has 0 radical (unpaired) electrons. The summed E-state index contributed by atoms with van der Waals surface area (Å²) in [6.45, 7) is 5.39. The summed E-state index contributed by atoms with van der Waals surface area (Å²) in [5, 5.41) is 7.42. The molecule has 0 unspecified atom stereocenters. The second kappa shape index (κ2) is 8.24. The molecule has 1 aliphatic rings. The number of aryl methyl sites for hydroxylation is 3. The van der Waals surface area contributed by atoms with Crippen LogP contribution in [0.15, 0.2) is 29.8 Å². The number of amides is 1. The molecule has 0 saturated carbocycles. The zero-order chi connectivity index (χ0) is 20.4. The van der Waals surface area contributed by atoms with Gasteiger partial charge in [-0.2, -0.15) is 5.10 Å². The molecule has 0 aromatic carbocycles. The number of pyridine rings is 1. The first-order valence-electron chi connectivity index (χ1n) is 9.73. The smallest absolute Gasteiger partial charge is 0.228 e. The standard InChI is InChI=1S/C21H23N5O2S/c1-14-10-20-25(8-3-9-26(20)24-14)21(28)7-6-18(27)11-17-5-4-16(12-22-17)19-13-29-15(2)23-19/h4-5,10,12-13H,3,6-9,11H2,1-2H3. The second-order valence-corrected chi connectivity index (χ2v) is 8.33. The van der Waals surface area contributed by atoms with E-state index in [0.29, 0.717) is 12.2 Å². The average Bonchev–Trinajstić information content (AvgIpc) is 3.31. The van der Waals surface area contributed by atoms with E-state index in [1.54, 1.807) is 22.4 Å². The highest BCUT2D eigenvalue weighted by molar-refractivity contribution is 7.09. The van der Waals surface area contributed by atoms with Crippen LogP contribution in [0.5, 0.6) is 0 Å². The van der Waals surface area contributed by atoms with E-state index in [9.17, 15) is 9.59 Å². The Kier molecular flexibility index (Phi) is 5.53. The van der Waals surface area contributed by atoms with E-state index < -0.39 is 0 Å². The molecule has 150 valence electrons. The molecular weight excluding hydrogens is 386 g/mol. The molecule has 0 N–H and O–H groups in total. The van der Waals surface area contributed by atoms with E-state index >= 15 is 0 Å². The summed E-state index contributed by atoms with van der Waals surface area (Å²) >= 11 is 1.60. The fraction of sp³-hybridized carbons (Fsp3) is 0.381. The minimum Gasteiger partial charge on any atom is -0.299 e. The van der Waals surface area contributed by atoms with Gasteiger partial charge in [0.25, 0.3) is 0 Å². The van der Waals surface area contributed by atoms with Crippen LogP contribution in [0.4, 0.5) is 5.82 Å². The van der Waals surface area contributed by atoms with Gasteiger partial charge in [-0.25, -0.2) is 9.67 Å². The minimum atomic E-state index is -0.0265. The molecule has 4 heterocycles. The number of hydrogen-bond donors (Lipinski definition) is 0. The van der Waals surface area contributed by atoms with Crippen molar-refractivity contribution in [3.8, 4) is 11.3 Å². The van der Waals surface area contributed by atoms with Gasteiger partial charge in [-0.05, 0) is 32.4 Å².